The molecule has 2 aliphatic rings. The van der Waals surface area contributed by atoms with Gasteiger partial charge in [-0.3, -0.25) is 0 Å². The van der Waals surface area contributed by atoms with Gasteiger partial charge in [-0.25, -0.2) is 0 Å². The lowest BCUT2D eigenvalue weighted by Gasteiger charge is -2.29. The largest absolute Gasteiger partial charge is 0.494 e. The third-order valence-corrected chi connectivity index (χ3v) is 10.2. The average Bonchev–Trinajstić information content (AvgIpc) is 3.02. The lowest BCUT2D eigenvalue weighted by Crippen LogP contribution is -2.13. The van der Waals surface area contributed by atoms with Crippen molar-refractivity contribution in [3.05, 3.63) is 59.7 Å². The van der Waals surface area contributed by atoms with Crippen LogP contribution in [-0.4, -0.2) is 13.2 Å². The summed E-state index contributed by atoms with van der Waals surface area (Å²) in [6, 6.07) is 18.0. The summed E-state index contributed by atoms with van der Waals surface area (Å²) >= 11 is 0. The maximum Gasteiger partial charge on any atom is 0.119 e. The molecule has 2 fully saturated rings. The maximum atomic E-state index is 6.05. The second kappa shape index (κ2) is 18.6. The molecule has 2 nitrogen and oxygen atoms in total. The number of rotatable bonds is 18. The van der Waals surface area contributed by atoms with E-state index in [-0.39, 0.29) is 0 Å². The Morgan fingerprint density at radius 1 is 0.463 bits per heavy atom. The fourth-order valence-corrected chi connectivity index (χ4v) is 7.37. The molecule has 4 rings (SSSR count). The van der Waals surface area contributed by atoms with Gasteiger partial charge in [-0.15, -0.1) is 0 Å². The van der Waals surface area contributed by atoms with Crippen LogP contribution >= 0.6 is 0 Å². The predicted octanol–water partition coefficient (Wildman–Crippen LogP) is 12.0. The first-order chi connectivity index (χ1) is 20.2. The molecule has 0 heterocycles. The molecule has 0 unspecified atom stereocenters. The van der Waals surface area contributed by atoms with E-state index < -0.39 is 0 Å². The van der Waals surface area contributed by atoms with Crippen molar-refractivity contribution in [1.29, 1.82) is 0 Å². The Kier molecular flexibility index (Phi) is 14.5. The van der Waals surface area contributed by atoms with Gasteiger partial charge in [0.15, 0.2) is 0 Å². The van der Waals surface area contributed by atoms with Crippen molar-refractivity contribution in [3.63, 3.8) is 0 Å². The van der Waals surface area contributed by atoms with Gasteiger partial charge < -0.3 is 9.47 Å². The summed E-state index contributed by atoms with van der Waals surface area (Å²) in [6.07, 6.45) is 25.7. The molecule has 2 aromatic carbocycles. The fourth-order valence-electron chi connectivity index (χ4n) is 7.37. The van der Waals surface area contributed by atoms with Crippen LogP contribution in [0.2, 0.25) is 0 Å². The number of hydrogen-bond acceptors (Lipinski definition) is 2. The molecule has 2 aromatic rings. The van der Waals surface area contributed by atoms with Gasteiger partial charge in [0.05, 0.1) is 13.2 Å². The summed E-state index contributed by atoms with van der Waals surface area (Å²) in [4.78, 5) is 0. The first kappa shape index (κ1) is 32.0. The van der Waals surface area contributed by atoms with Gasteiger partial charge >= 0.3 is 0 Å². The normalized spacial score (nSPS) is 22.9. The minimum absolute atomic E-state index is 0.753. The summed E-state index contributed by atoms with van der Waals surface area (Å²) in [6.45, 7) is 6.19. The Morgan fingerprint density at radius 3 is 1.22 bits per heavy atom. The smallest absolute Gasteiger partial charge is 0.119 e. The van der Waals surface area contributed by atoms with Gasteiger partial charge in [0.1, 0.15) is 11.5 Å². The van der Waals surface area contributed by atoms with Gasteiger partial charge in [0.2, 0.25) is 0 Å². The van der Waals surface area contributed by atoms with E-state index in [1.54, 1.807) is 0 Å². The number of unbranched alkanes of at least 4 members (excludes halogenated alkanes) is 6. The quantitative estimate of drug-likeness (QED) is 0.169. The highest BCUT2D eigenvalue weighted by atomic mass is 16.5. The van der Waals surface area contributed by atoms with E-state index in [4.69, 9.17) is 9.47 Å². The summed E-state index contributed by atoms with van der Waals surface area (Å²) in [5, 5.41) is 0. The molecule has 0 amide bonds. The van der Waals surface area contributed by atoms with Crippen LogP contribution in [0.5, 0.6) is 11.5 Å². The van der Waals surface area contributed by atoms with Crippen molar-refractivity contribution < 1.29 is 9.47 Å². The average molecular weight is 561 g/mol. The van der Waals surface area contributed by atoms with E-state index in [0.29, 0.717) is 0 Å². The standard InChI is InChI=1S/C39H60O2/c1-3-5-8-12-32-14-18-34(19-15-32)36-22-26-38(27-23-36)40-30-10-7-11-31-41-39-28-24-37(25-29-39)35-20-16-33(17-21-35)13-9-6-4-2/h22-29,32-35H,3-21,30-31H2,1-2H3. The van der Waals surface area contributed by atoms with E-state index in [1.807, 2.05) is 0 Å². The third kappa shape index (κ3) is 11.3. The predicted molar refractivity (Wildman–Crippen MR) is 175 cm³/mol. The maximum absolute atomic E-state index is 6.05. The second-order valence-electron chi connectivity index (χ2n) is 13.3. The van der Waals surface area contributed by atoms with Gasteiger partial charge in [-0.2, -0.15) is 0 Å². The van der Waals surface area contributed by atoms with Gasteiger partial charge in [0, 0.05) is 0 Å². The van der Waals surface area contributed by atoms with E-state index in [9.17, 15) is 0 Å². The molecule has 0 aromatic heterocycles. The number of hydrogen-bond donors (Lipinski definition) is 0. The van der Waals surface area contributed by atoms with Crippen LogP contribution < -0.4 is 9.47 Å². The van der Waals surface area contributed by atoms with Gasteiger partial charge in [0.25, 0.3) is 0 Å². The molecule has 0 aliphatic heterocycles. The molecule has 2 saturated carbocycles. The molecule has 2 aliphatic carbocycles. The zero-order valence-electron chi connectivity index (χ0n) is 26.6. The van der Waals surface area contributed by atoms with Crippen LogP contribution in [0, 0.1) is 11.8 Å². The van der Waals surface area contributed by atoms with Crippen molar-refractivity contribution in [2.45, 2.75) is 148 Å². The highest BCUT2D eigenvalue weighted by molar-refractivity contribution is 5.30. The number of ether oxygens (including phenoxy) is 2. The summed E-state index contributed by atoms with van der Waals surface area (Å²) < 4.78 is 12.1. The molecular formula is C39H60O2. The molecule has 0 N–H and O–H groups in total. The SMILES string of the molecule is CCCCCC1CCC(c2ccc(OCCCCCOc3ccc(C4CCC(CCCCC)CC4)cc3)cc2)CC1. The highest BCUT2D eigenvalue weighted by Crippen LogP contribution is 2.39. The zero-order valence-corrected chi connectivity index (χ0v) is 26.6. The molecule has 0 spiro atoms. The Hall–Kier alpha value is -1.96. The number of benzene rings is 2. The van der Waals surface area contributed by atoms with Gasteiger partial charge in [-0.05, 0) is 130 Å². The molecule has 0 saturated heterocycles. The third-order valence-electron chi connectivity index (χ3n) is 10.2. The van der Waals surface area contributed by atoms with Crippen LogP contribution in [0.15, 0.2) is 48.5 Å². The molecule has 0 atom stereocenters. The van der Waals surface area contributed by atoms with E-state index in [1.165, 1.54) is 114 Å². The van der Waals surface area contributed by atoms with Crippen LogP contribution in [0.1, 0.15) is 159 Å². The van der Waals surface area contributed by atoms with Gasteiger partial charge in [-0.1, -0.05) is 89.5 Å². The fraction of sp³-hybridized carbons (Fsp3) is 0.692. The molecule has 228 valence electrons. The molecule has 0 radical (unpaired) electrons. The first-order valence-electron chi connectivity index (χ1n) is 17.7. The minimum Gasteiger partial charge on any atom is -0.494 e. The Bertz CT molecular complexity index is 840. The van der Waals surface area contributed by atoms with E-state index >= 15 is 0 Å². The molecular weight excluding hydrogens is 500 g/mol. The van der Waals surface area contributed by atoms with E-state index in [0.717, 1.165) is 67.6 Å². The summed E-state index contributed by atoms with van der Waals surface area (Å²) in [5.41, 5.74) is 3.03. The minimum atomic E-state index is 0.753. The van der Waals surface area contributed by atoms with Crippen molar-refractivity contribution in [3.8, 4) is 11.5 Å². The Balaban J connectivity index is 1.03. The van der Waals surface area contributed by atoms with Crippen molar-refractivity contribution >= 4 is 0 Å². The van der Waals surface area contributed by atoms with Crippen molar-refractivity contribution in [2.75, 3.05) is 13.2 Å². The van der Waals surface area contributed by atoms with Crippen LogP contribution in [0.25, 0.3) is 0 Å². The Labute approximate surface area is 253 Å². The second-order valence-corrected chi connectivity index (χ2v) is 13.3. The lowest BCUT2D eigenvalue weighted by molar-refractivity contribution is 0.279. The van der Waals surface area contributed by atoms with Crippen LogP contribution in [0.3, 0.4) is 0 Å². The Morgan fingerprint density at radius 2 is 0.854 bits per heavy atom. The van der Waals surface area contributed by atoms with E-state index in [2.05, 4.69) is 62.4 Å². The topological polar surface area (TPSA) is 18.5 Å². The molecule has 0 bridgehead atoms. The van der Waals surface area contributed by atoms with Crippen LogP contribution in [-0.2, 0) is 0 Å². The van der Waals surface area contributed by atoms with Crippen molar-refractivity contribution in [2.24, 2.45) is 11.8 Å². The molecule has 41 heavy (non-hydrogen) atoms. The zero-order chi connectivity index (χ0) is 28.5. The van der Waals surface area contributed by atoms with Crippen LogP contribution in [0.4, 0.5) is 0 Å². The summed E-state index contributed by atoms with van der Waals surface area (Å²) in [7, 11) is 0. The highest BCUT2D eigenvalue weighted by Gasteiger charge is 2.23. The lowest BCUT2D eigenvalue weighted by atomic mass is 9.77. The monoisotopic (exact) mass is 560 g/mol. The summed E-state index contributed by atoms with van der Waals surface area (Å²) in [5.74, 6) is 5.49. The van der Waals surface area contributed by atoms with Crippen molar-refractivity contribution in [1.82, 2.24) is 0 Å². The molecule has 2 heteroatoms. The first-order valence-corrected chi connectivity index (χ1v) is 17.7.